The van der Waals surface area contributed by atoms with Gasteiger partial charge in [-0.15, -0.1) is 0 Å². The number of thiazole rings is 1. The van der Waals surface area contributed by atoms with E-state index in [0.29, 0.717) is 10.8 Å². The Kier molecular flexibility index (Phi) is 3.57. The van der Waals surface area contributed by atoms with Gasteiger partial charge in [0.15, 0.2) is 5.13 Å². The van der Waals surface area contributed by atoms with Gasteiger partial charge in [-0.05, 0) is 43.5 Å². The van der Waals surface area contributed by atoms with Crippen molar-refractivity contribution in [1.82, 2.24) is 4.98 Å². The largest absolute Gasteiger partial charge is 0.477 e. The average Bonchev–Trinajstić information content (AvgIpc) is 2.78. The molecule has 0 amide bonds. The Balaban J connectivity index is 2.67. The van der Waals surface area contributed by atoms with Gasteiger partial charge in [0, 0.05) is 12.6 Å². The molecule has 0 saturated carbocycles. The second-order valence-electron chi connectivity index (χ2n) is 4.50. The molecule has 2 aromatic rings. The summed E-state index contributed by atoms with van der Waals surface area (Å²) in [6.07, 6.45) is 0. The van der Waals surface area contributed by atoms with E-state index in [4.69, 9.17) is 0 Å². The van der Waals surface area contributed by atoms with Crippen LogP contribution in [-0.4, -0.2) is 23.1 Å². The second kappa shape index (κ2) is 5.01. The maximum Gasteiger partial charge on any atom is 0.348 e. The van der Waals surface area contributed by atoms with Gasteiger partial charge < -0.3 is 10.4 Å². The van der Waals surface area contributed by atoms with E-state index in [9.17, 15) is 9.90 Å². The van der Waals surface area contributed by atoms with Crippen LogP contribution in [0, 0.1) is 20.8 Å². The van der Waals surface area contributed by atoms with Crippen molar-refractivity contribution in [2.75, 3.05) is 12.4 Å². The third-order valence-electron chi connectivity index (χ3n) is 3.13. The Morgan fingerprint density at radius 2 is 1.84 bits per heavy atom. The number of carbonyl (C=O) groups is 1. The Hall–Kier alpha value is -1.88. The highest BCUT2D eigenvalue weighted by Crippen LogP contribution is 2.34. The van der Waals surface area contributed by atoms with Crippen molar-refractivity contribution in [2.24, 2.45) is 0 Å². The summed E-state index contributed by atoms with van der Waals surface area (Å²) in [6, 6.07) is 4.07. The lowest BCUT2D eigenvalue weighted by Crippen LogP contribution is -1.97. The SMILES string of the molecule is CNc1nc(-c2cc(C)c(C)cc2C)c(C(=O)O)s1. The van der Waals surface area contributed by atoms with Crippen LogP contribution in [0.1, 0.15) is 26.4 Å². The molecule has 2 N–H and O–H groups in total. The highest BCUT2D eigenvalue weighted by Gasteiger charge is 2.20. The molecular formula is C14H16N2O2S. The summed E-state index contributed by atoms with van der Waals surface area (Å²) >= 11 is 1.16. The predicted molar refractivity (Wildman–Crippen MR) is 78.3 cm³/mol. The normalized spacial score (nSPS) is 10.5. The molecular weight excluding hydrogens is 260 g/mol. The smallest absolute Gasteiger partial charge is 0.348 e. The molecule has 1 aromatic carbocycles. The minimum absolute atomic E-state index is 0.274. The number of carboxylic acid groups (broad SMARTS) is 1. The summed E-state index contributed by atoms with van der Waals surface area (Å²) in [6.45, 7) is 6.04. The van der Waals surface area contributed by atoms with Crippen LogP contribution in [0.15, 0.2) is 12.1 Å². The molecule has 5 heteroatoms. The average molecular weight is 276 g/mol. The molecule has 0 atom stereocenters. The molecule has 1 aromatic heterocycles. The van der Waals surface area contributed by atoms with E-state index in [1.54, 1.807) is 7.05 Å². The van der Waals surface area contributed by atoms with Crippen molar-refractivity contribution in [3.63, 3.8) is 0 Å². The van der Waals surface area contributed by atoms with Gasteiger partial charge >= 0.3 is 5.97 Å². The van der Waals surface area contributed by atoms with Crippen molar-refractivity contribution in [3.8, 4) is 11.3 Å². The number of rotatable bonds is 3. The van der Waals surface area contributed by atoms with Gasteiger partial charge in [-0.1, -0.05) is 17.4 Å². The highest BCUT2D eigenvalue weighted by molar-refractivity contribution is 7.17. The van der Waals surface area contributed by atoms with Crippen molar-refractivity contribution in [3.05, 3.63) is 33.7 Å². The lowest BCUT2D eigenvalue weighted by atomic mass is 9.98. The molecule has 0 fully saturated rings. The molecule has 100 valence electrons. The number of benzene rings is 1. The fraction of sp³-hybridized carbons (Fsp3) is 0.286. The summed E-state index contributed by atoms with van der Waals surface area (Å²) in [5.41, 5.74) is 4.80. The van der Waals surface area contributed by atoms with Crippen molar-refractivity contribution < 1.29 is 9.90 Å². The van der Waals surface area contributed by atoms with Gasteiger partial charge in [0.25, 0.3) is 0 Å². The summed E-state index contributed by atoms with van der Waals surface area (Å²) in [5, 5.41) is 12.8. The lowest BCUT2D eigenvalue weighted by Gasteiger charge is -2.08. The van der Waals surface area contributed by atoms with Crippen LogP contribution in [0.2, 0.25) is 0 Å². The minimum Gasteiger partial charge on any atom is -0.477 e. The Labute approximate surface area is 116 Å². The van der Waals surface area contributed by atoms with Crippen LogP contribution in [0.4, 0.5) is 5.13 Å². The number of nitrogens with zero attached hydrogens (tertiary/aromatic N) is 1. The molecule has 1 heterocycles. The van der Waals surface area contributed by atoms with E-state index in [0.717, 1.165) is 28.0 Å². The number of hydrogen-bond acceptors (Lipinski definition) is 4. The van der Waals surface area contributed by atoms with Gasteiger partial charge in [0.2, 0.25) is 0 Å². The number of hydrogen-bond donors (Lipinski definition) is 2. The van der Waals surface area contributed by atoms with Gasteiger partial charge in [-0.3, -0.25) is 0 Å². The maximum absolute atomic E-state index is 11.3. The molecule has 0 aliphatic heterocycles. The Bertz CT molecular complexity index is 647. The van der Waals surface area contributed by atoms with Gasteiger partial charge in [-0.2, -0.15) is 0 Å². The van der Waals surface area contributed by atoms with Crippen molar-refractivity contribution in [1.29, 1.82) is 0 Å². The van der Waals surface area contributed by atoms with E-state index < -0.39 is 5.97 Å². The molecule has 0 saturated heterocycles. The zero-order valence-electron chi connectivity index (χ0n) is 11.4. The Morgan fingerprint density at radius 3 is 2.42 bits per heavy atom. The molecule has 2 rings (SSSR count). The van der Waals surface area contributed by atoms with Crippen LogP contribution in [0.5, 0.6) is 0 Å². The number of anilines is 1. The van der Waals surface area contributed by atoms with Crippen molar-refractivity contribution >= 4 is 22.4 Å². The number of aryl methyl sites for hydroxylation is 3. The number of aromatic nitrogens is 1. The van der Waals surface area contributed by atoms with Crippen molar-refractivity contribution in [2.45, 2.75) is 20.8 Å². The van der Waals surface area contributed by atoms with E-state index in [1.165, 1.54) is 5.56 Å². The maximum atomic E-state index is 11.3. The van der Waals surface area contributed by atoms with Gasteiger partial charge in [-0.25, -0.2) is 9.78 Å². The van der Waals surface area contributed by atoms with Gasteiger partial charge in [0.1, 0.15) is 4.88 Å². The fourth-order valence-electron chi connectivity index (χ4n) is 1.97. The molecule has 0 unspecified atom stereocenters. The third-order valence-corrected chi connectivity index (χ3v) is 4.19. The molecule has 0 aliphatic carbocycles. The first-order chi connectivity index (χ1) is 8.93. The topological polar surface area (TPSA) is 62.2 Å². The molecule has 0 aliphatic rings. The van der Waals surface area contributed by atoms with E-state index in [1.807, 2.05) is 26.8 Å². The predicted octanol–water partition coefficient (Wildman–Crippen LogP) is 3.48. The van der Waals surface area contributed by atoms with Crippen LogP contribution in [0.25, 0.3) is 11.3 Å². The first-order valence-corrected chi connectivity index (χ1v) is 6.75. The summed E-state index contributed by atoms with van der Waals surface area (Å²) in [7, 11) is 1.74. The number of nitrogens with one attached hydrogen (secondary N) is 1. The van der Waals surface area contributed by atoms with Crippen LogP contribution in [0.3, 0.4) is 0 Å². The molecule has 4 nitrogen and oxygen atoms in total. The Morgan fingerprint density at radius 1 is 1.21 bits per heavy atom. The lowest BCUT2D eigenvalue weighted by molar-refractivity contribution is 0.0702. The van der Waals surface area contributed by atoms with E-state index in [-0.39, 0.29) is 4.88 Å². The summed E-state index contributed by atoms with van der Waals surface area (Å²) in [5.74, 6) is -0.938. The molecule has 0 bridgehead atoms. The molecule has 0 radical (unpaired) electrons. The summed E-state index contributed by atoms with van der Waals surface area (Å²) < 4.78 is 0. The third kappa shape index (κ3) is 2.46. The van der Waals surface area contributed by atoms with E-state index in [2.05, 4.69) is 16.4 Å². The number of aromatic carboxylic acids is 1. The van der Waals surface area contributed by atoms with Gasteiger partial charge in [0.05, 0.1) is 5.69 Å². The van der Waals surface area contributed by atoms with Crippen LogP contribution < -0.4 is 5.32 Å². The first kappa shape index (κ1) is 13.5. The minimum atomic E-state index is -0.938. The zero-order valence-corrected chi connectivity index (χ0v) is 12.2. The fourth-order valence-corrected chi connectivity index (χ4v) is 2.74. The van der Waals surface area contributed by atoms with Crippen LogP contribution >= 0.6 is 11.3 Å². The first-order valence-electron chi connectivity index (χ1n) is 5.94. The highest BCUT2D eigenvalue weighted by atomic mass is 32.1. The second-order valence-corrected chi connectivity index (χ2v) is 5.50. The quantitative estimate of drug-likeness (QED) is 0.901. The molecule has 19 heavy (non-hydrogen) atoms. The number of carboxylic acids is 1. The van der Waals surface area contributed by atoms with Crippen LogP contribution in [-0.2, 0) is 0 Å². The van der Waals surface area contributed by atoms with E-state index >= 15 is 0 Å². The monoisotopic (exact) mass is 276 g/mol. The standard InChI is InChI=1S/C14H16N2O2S/c1-7-5-9(3)10(6-8(7)2)11-12(13(17)18)19-14(15-4)16-11/h5-6H,1-4H3,(H,15,16)(H,17,18). The summed E-state index contributed by atoms with van der Waals surface area (Å²) in [4.78, 5) is 16.0. The zero-order chi connectivity index (χ0) is 14.2. The molecule has 0 spiro atoms.